The first-order chi connectivity index (χ1) is 16.5. The van der Waals surface area contributed by atoms with Crippen molar-refractivity contribution in [1.29, 1.82) is 0 Å². The van der Waals surface area contributed by atoms with Crippen LogP contribution in [0.4, 0.5) is 0 Å². The van der Waals surface area contributed by atoms with E-state index in [2.05, 4.69) is 122 Å². The van der Waals surface area contributed by atoms with Gasteiger partial charge in [-0.15, -0.1) is 11.3 Å². The second-order valence-corrected chi connectivity index (χ2v) is 9.96. The molecule has 0 amide bonds. The first-order valence-electron chi connectivity index (χ1n) is 11.6. The minimum atomic E-state index is 1.07. The number of para-hydroxylation sites is 3. The molecule has 0 N–H and O–H groups in total. The molecule has 0 saturated heterocycles. The molecular formula is C30H26N3S+. The molecule has 166 valence electrons. The van der Waals surface area contributed by atoms with Crippen LogP contribution in [-0.4, -0.2) is 9.55 Å². The van der Waals surface area contributed by atoms with Crippen molar-refractivity contribution in [2.45, 2.75) is 20.8 Å². The van der Waals surface area contributed by atoms with Crippen LogP contribution < -0.4 is 4.57 Å². The van der Waals surface area contributed by atoms with Crippen LogP contribution in [-0.2, 0) is 7.05 Å². The molecule has 0 unspecified atom stereocenters. The molecule has 34 heavy (non-hydrogen) atoms. The molecule has 3 nitrogen and oxygen atoms in total. The Morgan fingerprint density at radius 3 is 2.15 bits per heavy atom. The topological polar surface area (TPSA) is 21.7 Å². The van der Waals surface area contributed by atoms with Crippen LogP contribution in [0.5, 0.6) is 0 Å². The number of fused-ring (bicyclic) bond motifs is 2. The summed E-state index contributed by atoms with van der Waals surface area (Å²) in [6.07, 6.45) is 0. The van der Waals surface area contributed by atoms with Gasteiger partial charge in [0.1, 0.15) is 10.7 Å². The lowest BCUT2D eigenvalue weighted by Crippen LogP contribution is -2.30. The number of aromatic nitrogens is 3. The quantitative estimate of drug-likeness (QED) is 0.254. The Bertz CT molecular complexity index is 1670. The van der Waals surface area contributed by atoms with Crippen LogP contribution in [0.1, 0.15) is 16.7 Å². The van der Waals surface area contributed by atoms with Gasteiger partial charge in [-0.2, -0.15) is 4.57 Å². The largest absolute Gasteiger partial charge is 0.297 e. The summed E-state index contributed by atoms with van der Waals surface area (Å²) in [5, 5.41) is 1.09. The van der Waals surface area contributed by atoms with Crippen LogP contribution in [0.25, 0.3) is 48.9 Å². The van der Waals surface area contributed by atoms with Crippen molar-refractivity contribution >= 4 is 32.6 Å². The monoisotopic (exact) mass is 460 g/mol. The molecule has 6 aromatic rings. The summed E-state index contributed by atoms with van der Waals surface area (Å²) in [6, 6.07) is 30.2. The first kappa shape index (κ1) is 20.8. The van der Waals surface area contributed by atoms with Gasteiger partial charge in [0.05, 0.1) is 22.8 Å². The highest BCUT2D eigenvalue weighted by atomic mass is 32.1. The van der Waals surface area contributed by atoms with E-state index in [-0.39, 0.29) is 0 Å². The molecule has 0 aliphatic rings. The third-order valence-electron chi connectivity index (χ3n) is 6.72. The normalized spacial score (nSPS) is 11.5. The Labute approximate surface area is 203 Å². The number of hydrogen-bond acceptors (Lipinski definition) is 2. The van der Waals surface area contributed by atoms with Crippen molar-refractivity contribution in [3.63, 3.8) is 0 Å². The fourth-order valence-electron chi connectivity index (χ4n) is 5.07. The van der Waals surface area contributed by atoms with Crippen molar-refractivity contribution in [3.05, 3.63) is 102 Å². The summed E-state index contributed by atoms with van der Waals surface area (Å²) in [5.74, 6) is 1.15. The molecule has 4 aromatic carbocycles. The van der Waals surface area contributed by atoms with Crippen LogP contribution in [0.3, 0.4) is 0 Å². The number of benzene rings is 4. The van der Waals surface area contributed by atoms with E-state index >= 15 is 0 Å². The van der Waals surface area contributed by atoms with E-state index in [4.69, 9.17) is 4.98 Å². The van der Waals surface area contributed by atoms with Crippen molar-refractivity contribution in [1.82, 2.24) is 9.55 Å². The van der Waals surface area contributed by atoms with Crippen LogP contribution >= 0.6 is 11.3 Å². The van der Waals surface area contributed by atoms with E-state index in [9.17, 15) is 0 Å². The third kappa shape index (κ3) is 3.10. The molecular weight excluding hydrogens is 434 g/mol. The van der Waals surface area contributed by atoms with E-state index in [0.29, 0.717) is 0 Å². The summed E-state index contributed by atoms with van der Waals surface area (Å²) >= 11 is 1.78. The summed E-state index contributed by atoms with van der Waals surface area (Å²) in [6.45, 7) is 6.54. The number of imidazole rings is 1. The molecule has 0 aliphatic carbocycles. The SMILES string of the molecule is Cc1cccc(C)c1-c1nc2c(-c3n(-c4ccccc4)c4ccccc4[n+]3C)c(C)ccc2s1. The molecule has 0 atom stereocenters. The van der Waals surface area contributed by atoms with Gasteiger partial charge in [0.25, 0.3) is 5.82 Å². The average Bonchev–Trinajstić information content (AvgIpc) is 3.39. The smallest absolute Gasteiger partial charge is 0.235 e. The lowest BCUT2D eigenvalue weighted by Gasteiger charge is -2.07. The molecule has 6 rings (SSSR count). The maximum absolute atomic E-state index is 5.28. The zero-order valence-corrected chi connectivity index (χ0v) is 20.6. The molecule has 0 aliphatic heterocycles. The maximum atomic E-state index is 5.28. The Balaban J connectivity index is 1.72. The predicted octanol–water partition coefficient (Wildman–Crippen LogP) is 7.32. The van der Waals surface area contributed by atoms with Gasteiger partial charge in [-0.05, 0) is 67.8 Å². The highest BCUT2D eigenvalue weighted by Crippen LogP contribution is 2.40. The molecule has 0 saturated carbocycles. The summed E-state index contributed by atoms with van der Waals surface area (Å²) < 4.78 is 5.89. The van der Waals surface area contributed by atoms with Gasteiger partial charge in [-0.1, -0.05) is 54.6 Å². The Kier molecular flexibility index (Phi) is 4.85. The van der Waals surface area contributed by atoms with Crippen LogP contribution in [0.2, 0.25) is 0 Å². The van der Waals surface area contributed by atoms with Gasteiger partial charge in [-0.3, -0.25) is 0 Å². The van der Waals surface area contributed by atoms with Gasteiger partial charge >= 0.3 is 0 Å². The Morgan fingerprint density at radius 1 is 0.706 bits per heavy atom. The van der Waals surface area contributed by atoms with Crippen molar-refractivity contribution in [2.24, 2.45) is 7.05 Å². The number of hydrogen-bond donors (Lipinski definition) is 0. The zero-order chi connectivity index (χ0) is 23.4. The number of rotatable bonds is 3. The lowest BCUT2D eigenvalue weighted by atomic mass is 10.0. The highest BCUT2D eigenvalue weighted by molar-refractivity contribution is 7.21. The van der Waals surface area contributed by atoms with Gasteiger partial charge in [-0.25, -0.2) is 9.55 Å². The molecule has 0 radical (unpaired) electrons. The minimum absolute atomic E-state index is 1.07. The lowest BCUT2D eigenvalue weighted by molar-refractivity contribution is -0.633. The van der Waals surface area contributed by atoms with E-state index in [1.807, 2.05) is 0 Å². The summed E-state index contributed by atoms with van der Waals surface area (Å²) in [4.78, 5) is 5.28. The average molecular weight is 461 g/mol. The van der Waals surface area contributed by atoms with Gasteiger partial charge < -0.3 is 0 Å². The maximum Gasteiger partial charge on any atom is 0.297 e. The van der Waals surface area contributed by atoms with Crippen molar-refractivity contribution < 1.29 is 4.57 Å². The second kappa shape index (κ2) is 7.93. The van der Waals surface area contributed by atoms with E-state index < -0.39 is 0 Å². The predicted molar refractivity (Wildman–Crippen MR) is 143 cm³/mol. The molecule has 4 heteroatoms. The van der Waals surface area contributed by atoms with Crippen molar-refractivity contribution in [3.8, 4) is 27.6 Å². The fraction of sp³-hybridized carbons (Fsp3) is 0.133. The third-order valence-corrected chi connectivity index (χ3v) is 7.75. The molecule has 0 fully saturated rings. The standard InChI is InChI=1S/C30H26N3S/c1-19-11-10-12-20(2)26(19)29-31-28-25(34-29)18-17-21(3)27(28)30-32(4)23-15-8-9-16-24(23)33(30)22-13-6-5-7-14-22/h5-18H,1-4H3/q+1. The zero-order valence-electron chi connectivity index (χ0n) is 19.8. The van der Waals surface area contributed by atoms with Gasteiger partial charge in [0, 0.05) is 5.56 Å². The molecule has 2 heterocycles. The fourth-order valence-corrected chi connectivity index (χ4v) is 6.22. The Morgan fingerprint density at radius 2 is 1.38 bits per heavy atom. The summed E-state index contributed by atoms with van der Waals surface area (Å²) in [5.41, 5.74) is 10.8. The van der Waals surface area contributed by atoms with Gasteiger partial charge in [0.2, 0.25) is 0 Å². The molecule has 0 spiro atoms. The minimum Gasteiger partial charge on any atom is -0.235 e. The number of nitrogens with zero attached hydrogens (tertiary/aromatic N) is 3. The second-order valence-electron chi connectivity index (χ2n) is 8.93. The van der Waals surface area contributed by atoms with Crippen LogP contribution in [0, 0.1) is 20.8 Å². The number of thiazole rings is 1. The first-order valence-corrected chi connectivity index (χ1v) is 12.4. The van der Waals surface area contributed by atoms with Crippen LogP contribution in [0.15, 0.2) is 84.9 Å². The highest BCUT2D eigenvalue weighted by Gasteiger charge is 2.29. The molecule has 0 bridgehead atoms. The van der Waals surface area contributed by atoms with Crippen molar-refractivity contribution in [2.75, 3.05) is 0 Å². The van der Waals surface area contributed by atoms with E-state index in [1.54, 1.807) is 11.3 Å². The number of aryl methyl sites for hydroxylation is 4. The van der Waals surface area contributed by atoms with E-state index in [1.165, 1.54) is 43.6 Å². The molecule has 2 aromatic heterocycles. The summed E-state index contributed by atoms with van der Waals surface area (Å²) in [7, 11) is 2.16. The van der Waals surface area contributed by atoms with E-state index in [0.717, 1.165) is 22.0 Å². The van der Waals surface area contributed by atoms with Gasteiger partial charge in [0.15, 0.2) is 11.0 Å². The Hall–Kier alpha value is -3.76.